The number of hydrogen-bond donors (Lipinski definition) is 3. The molecule has 0 aliphatic rings. The van der Waals surface area contributed by atoms with Crippen molar-refractivity contribution in [1.82, 2.24) is 5.32 Å². The van der Waals surface area contributed by atoms with Gasteiger partial charge < -0.3 is 16.4 Å². The van der Waals surface area contributed by atoms with Crippen LogP contribution in [0, 0.1) is 11.3 Å². The highest BCUT2D eigenvalue weighted by Crippen LogP contribution is 2.09. The molecule has 1 aromatic carbocycles. The molecule has 0 unspecified atom stereocenters. The molecule has 6 nitrogen and oxygen atoms in total. The number of nitrogens with two attached hydrogens (primary N) is 1. The van der Waals surface area contributed by atoms with Crippen LogP contribution >= 0.6 is 0 Å². The molecule has 104 valence electrons. The van der Waals surface area contributed by atoms with Gasteiger partial charge in [-0.05, 0) is 30.7 Å². The Labute approximate surface area is 117 Å². The van der Waals surface area contributed by atoms with Gasteiger partial charge in [0.05, 0.1) is 0 Å². The van der Waals surface area contributed by atoms with Crippen molar-refractivity contribution in [3.05, 3.63) is 41.6 Å². The van der Waals surface area contributed by atoms with E-state index in [0.717, 1.165) is 6.42 Å². The van der Waals surface area contributed by atoms with Gasteiger partial charge in [0.25, 0.3) is 5.91 Å². The summed E-state index contributed by atoms with van der Waals surface area (Å²) in [6.45, 7) is 2.44. The summed E-state index contributed by atoms with van der Waals surface area (Å²) in [5.74, 6) is -0.931. The van der Waals surface area contributed by atoms with Gasteiger partial charge in [0.2, 0.25) is 5.91 Å². The zero-order valence-electron chi connectivity index (χ0n) is 11.1. The van der Waals surface area contributed by atoms with E-state index in [9.17, 15) is 9.59 Å². The highest BCUT2D eigenvalue weighted by Gasteiger charge is 2.07. The molecule has 1 aromatic rings. The van der Waals surface area contributed by atoms with Gasteiger partial charge >= 0.3 is 0 Å². The number of nitriles is 1. The van der Waals surface area contributed by atoms with Crippen molar-refractivity contribution in [3.8, 4) is 6.07 Å². The molecule has 6 heteroatoms. The van der Waals surface area contributed by atoms with Crippen molar-refractivity contribution in [1.29, 1.82) is 5.26 Å². The summed E-state index contributed by atoms with van der Waals surface area (Å²) < 4.78 is 0. The van der Waals surface area contributed by atoms with E-state index in [0.29, 0.717) is 17.8 Å². The number of rotatable bonds is 6. The van der Waals surface area contributed by atoms with Crippen LogP contribution in [0.4, 0.5) is 5.69 Å². The molecule has 0 saturated carbocycles. The van der Waals surface area contributed by atoms with Gasteiger partial charge in [0.1, 0.15) is 11.6 Å². The molecule has 2 amide bonds. The molecule has 0 bridgehead atoms. The molecule has 0 saturated heterocycles. The van der Waals surface area contributed by atoms with E-state index in [1.54, 1.807) is 24.3 Å². The number of hydrogen-bond acceptors (Lipinski definition) is 4. The van der Waals surface area contributed by atoms with Crippen LogP contribution in [0.3, 0.4) is 0 Å². The van der Waals surface area contributed by atoms with Crippen molar-refractivity contribution in [2.45, 2.75) is 13.3 Å². The second-order valence-corrected chi connectivity index (χ2v) is 4.01. The maximum absolute atomic E-state index is 11.6. The molecule has 0 aliphatic carbocycles. The average molecular weight is 272 g/mol. The highest BCUT2D eigenvalue weighted by atomic mass is 16.2. The third kappa shape index (κ3) is 4.46. The Morgan fingerprint density at radius 3 is 2.50 bits per heavy atom. The third-order valence-corrected chi connectivity index (χ3v) is 2.45. The molecule has 20 heavy (non-hydrogen) atoms. The summed E-state index contributed by atoms with van der Waals surface area (Å²) in [6, 6.07) is 8.21. The van der Waals surface area contributed by atoms with Gasteiger partial charge in [-0.15, -0.1) is 0 Å². The van der Waals surface area contributed by atoms with Crippen LogP contribution < -0.4 is 16.4 Å². The number of carbonyl (C=O) groups excluding carboxylic acids is 2. The minimum Gasteiger partial charge on any atom is -0.366 e. The number of primary amides is 1. The number of benzene rings is 1. The van der Waals surface area contributed by atoms with E-state index in [1.807, 2.05) is 13.0 Å². The van der Waals surface area contributed by atoms with Gasteiger partial charge in [-0.1, -0.05) is 6.92 Å². The number of nitrogens with zero attached hydrogens (tertiary/aromatic N) is 1. The predicted octanol–water partition coefficient (Wildman–Crippen LogP) is 1.13. The van der Waals surface area contributed by atoms with Crippen molar-refractivity contribution in [2.24, 2.45) is 5.73 Å². The van der Waals surface area contributed by atoms with Gasteiger partial charge in [-0.2, -0.15) is 5.26 Å². The minimum absolute atomic E-state index is 0.0163. The van der Waals surface area contributed by atoms with Crippen molar-refractivity contribution < 1.29 is 9.59 Å². The summed E-state index contributed by atoms with van der Waals surface area (Å²) in [4.78, 5) is 22.5. The van der Waals surface area contributed by atoms with Gasteiger partial charge in [0.15, 0.2) is 0 Å². The first-order chi connectivity index (χ1) is 9.58. The quantitative estimate of drug-likeness (QED) is 0.533. The van der Waals surface area contributed by atoms with Gasteiger partial charge in [0, 0.05) is 24.0 Å². The van der Waals surface area contributed by atoms with Gasteiger partial charge in [-0.3, -0.25) is 9.59 Å². The highest BCUT2D eigenvalue weighted by molar-refractivity contribution is 5.97. The monoisotopic (exact) mass is 272 g/mol. The van der Waals surface area contributed by atoms with E-state index in [2.05, 4.69) is 10.6 Å². The lowest BCUT2D eigenvalue weighted by Gasteiger charge is -2.04. The lowest BCUT2D eigenvalue weighted by Crippen LogP contribution is -2.25. The summed E-state index contributed by atoms with van der Waals surface area (Å²) in [7, 11) is 0. The van der Waals surface area contributed by atoms with E-state index >= 15 is 0 Å². The Hall–Kier alpha value is -2.81. The second kappa shape index (κ2) is 7.59. The number of carbonyl (C=O) groups is 2. The van der Waals surface area contributed by atoms with Crippen molar-refractivity contribution in [2.75, 3.05) is 11.9 Å². The van der Waals surface area contributed by atoms with Crippen LogP contribution in [0.2, 0.25) is 0 Å². The number of amides is 2. The molecule has 0 aliphatic heterocycles. The van der Waals surface area contributed by atoms with Crippen LogP contribution in [0.5, 0.6) is 0 Å². The first-order valence-corrected chi connectivity index (χ1v) is 6.13. The molecule has 0 aromatic heterocycles. The van der Waals surface area contributed by atoms with E-state index < -0.39 is 11.8 Å². The lowest BCUT2D eigenvalue weighted by atomic mass is 10.2. The zero-order chi connectivity index (χ0) is 15.0. The van der Waals surface area contributed by atoms with Crippen LogP contribution in [-0.2, 0) is 4.79 Å². The SMILES string of the molecule is CCCNC(=O)/C(C#N)=C\Nc1ccc(C(N)=O)cc1. The maximum atomic E-state index is 11.6. The fourth-order valence-corrected chi connectivity index (χ4v) is 1.37. The summed E-state index contributed by atoms with van der Waals surface area (Å²) in [6.07, 6.45) is 2.12. The summed E-state index contributed by atoms with van der Waals surface area (Å²) >= 11 is 0. The Morgan fingerprint density at radius 2 is 2.00 bits per heavy atom. The smallest absolute Gasteiger partial charge is 0.263 e. The standard InChI is InChI=1S/C14H16N4O2/c1-2-7-17-14(20)11(8-15)9-18-12-5-3-10(4-6-12)13(16)19/h3-6,9,18H,2,7H2,1H3,(H2,16,19)(H,17,20)/b11-9-. The molecular weight excluding hydrogens is 256 g/mol. The van der Waals surface area contributed by atoms with E-state index in [4.69, 9.17) is 11.0 Å². The molecule has 1 rings (SSSR count). The number of nitrogens with one attached hydrogen (secondary N) is 2. The van der Waals surface area contributed by atoms with Crippen molar-refractivity contribution in [3.63, 3.8) is 0 Å². The summed E-state index contributed by atoms with van der Waals surface area (Å²) in [5, 5.41) is 14.3. The van der Waals surface area contributed by atoms with Crippen LogP contribution in [0.15, 0.2) is 36.0 Å². The topological polar surface area (TPSA) is 108 Å². The fraction of sp³-hybridized carbons (Fsp3) is 0.214. The minimum atomic E-state index is -0.510. The van der Waals surface area contributed by atoms with Crippen LogP contribution in [-0.4, -0.2) is 18.4 Å². The van der Waals surface area contributed by atoms with E-state index in [1.165, 1.54) is 6.20 Å². The normalized spacial score (nSPS) is 10.5. The molecule has 0 radical (unpaired) electrons. The first kappa shape index (κ1) is 15.2. The Bertz CT molecular complexity index is 556. The van der Waals surface area contributed by atoms with E-state index in [-0.39, 0.29) is 5.57 Å². The zero-order valence-corrected chi connectivity index (χ0v) is 11.1. The third-order valence-electron chi connectivity index (χ3n) is 2.45. The van der Waals surface area contributed by atoms with Gasteiger partial charge in [-0.25, -0.2) is 0 Å². The maximum Gasteiger partial charge on any atom is 0.263 e. The molecule has 0 spiro atoms. The summed E-state index contributed by atoms with van der Waals surface area (Å²) in [5.41, 5.74) is 6.14. The second-order valence-electron chi connectivity index (χ2n) is 4.01. The lowest BCUT2D eigenvalue weighted by molar-refractivity contribution is -0.117. The number of anilines is 1. The molecular formula is C14H16N4O2. The fourth-order valence-electron chi connectivity index (χ4n) is 1.37. The van der Waals surface area contributed by atoms with Crippen LogP contribution in [0.25, 0.3) is 0 Å². The Morgan fingerprint density at radius 1 is 1.35 bits per heavy atom. The van der Waals surface area contributed by atoms with Crippen LogP contribution in [0.1, 0.15) is 23.7 Å². The first-order valence-electron chi connectivity index (χ1n) is 6.13. The average Bonchev–Trinajstić information content (AvgIpc) is 2.46. The molecule has 0 atom stereocenters. The largest absolute Gasteiger partial charge is 0.366 e. The predicted molar refractivity (Wildman–Crippen MR) is 75.6 cm³/mol. The Kier molecular flexibility index (Phi) is 5.78. The van der Waals surface area contributed by atoms with Crippen molar-refractivity contribution >= 4 is 17.5 Å². The molecule has 4 N–H and O–H groups in total. The molecule has 0 heterocycles. The molecule has 0 fully saturated rings. The Balaban J connectivity index is 2.71.